The van der Waals surface area contributed by atoms with Gasteiger partial charge in [0.2, 0.25) is 5.91 Å². The van der Waals surface area contributed by atoms with Crippen LogP contribution in [0, 0.1) is 22.0 Å². The minimum Gasteiger partial charge on any atom is -0.342 e. The first-order valence-corrected chi connectivity index (χ1v) is 9.28. The van der Waals surface area contributed by atoms with Crippen LogP contribution in [0.5, 0.6) is 0 Å². The van der Waals surface area contributed by atoms with Crippen molar-refractivity contribution in [2.75, 3.05) is 26.2 Å². The molecule has 0 radical (unpaired) electrons. The minimum absolute atomic E-state index is 0.0347. The van der Waals surface area contributed by atoms with E-state index < -0.39 is 4.92 Å². The van der Waals surface area contributed by atoms with Crippen molar-refractivity contribution in [2.24, 2.45) is 11.8 Å². The van der Waals surface area contributed by atoms with Crippen LogP contribution >= 0.6 is 0 Å². The highest BCUT2D eigenvalue weighted by Gasteiger charge is 2.32. The van der Waals surface area contributed by atoms with E-state index in [0.29, 0.717) is 24.6 Å². The third-order valence-electron chi connectivity index (χ3n) is 5.48. The second kappa shape index (κ2) is 7.85. The van der Waals surface area contributed by atoms with Crippen LogP contribution in [0.1, 0.15) is 43.0 Å². The van der Waals surface area contributed by atoms with Gasteiger partial charge in [0, 0.05) is 43.9 Å². The van der Waals surface area contributed by atoms with Gasteiger partial charge in [-0.2, -0.15) is 0 Å². The molecular formula is C19H25N3O4. The van der Waals surface area contributed by atoms with Crippen molar-refractivity contribution in [3.63, 3.8) is 0 Å². The number of rotatable bonds is 3. The average Bonchev–Trinajstić information content (AvgIpc) is 2.67. The summed E-state index contributed by atoms with van der Waals surface area (Å²) >= 11 is 0. The number of hydrogen-bond donors (Lipinski definition) is 0. The number of nitro benzene ring substituents is 1. The molecule has 26 heavy (non-hydrogen) atoms. The SMILES string of the molecule is CC1CCN(C(=O)C2CCCN(C(=O)c3ccc([N+](=O)[O-])cc3)C2)CC1. The molecule has 2 saturated heterocycles. The second-order valence-electron chi connectivity index (χ2n) is 7.40. The molecule has 0 saturated carbocycles. The van der Waals surface area contributed by atoms with E-state index in [1.165, 1.54) is 24.3 Å². The minimum atomic E-state index is -0.483. The molecule has 0 N–H and O–H groups in total. The summed E-state index contributed by atoms with van der Waals surface area (Å²) in [5.74, 6) is 0.535. The molecule has 1 aromatic rings. The normalized spacial score (nSPS) is 21.5. The molecule has 7 nitrogen and oxygen atoms in total. The van der Waals surface area contributed by atoms with Crippen LogP contribution in [0.15, 0.2) is 24.3 Å². The van der Waals surface area contributed by atoms with Crippen LogP contribution in [-0.2, 0) is 4.79 Å². The number of benzene rings is 1. The fraction of sp³-hybridized carbons (Fsp3) is 0.579. The van der Waals surface area contributed by atoms with Gasteiger partial charge in [-0.05, 0) is 43.7 Å². The second-order valence-corrected chi connectivity index (χ2v) is 7.40. The molecule has 0 aromatic heterocycles. The molecule has 0 spiro atoms. The molecule has 0 bridgehead atoms. The molecule has 7 heteroatoms. The van der Waals surface area contributed by atoms with Gasteiger partial charge in [-0.1, -0.05) is 6.92 Å². The van der Waals surface area contributed by atoms with Gasteiger partial charge >= 0.3 is 0 Å². The van der Waals surface area contributed by atoms with Gasteiger partial charge in [0.25, 0.3) is 11.6 Å². The third kappa shape index (κ3) is 4.03. The number of hydrogen-bond acceptors (Lipinski definition) is 4. The summed E-state index contributed by atoms with van der Waals surface area (Å²) in [5.41, 5.74) is 0.392. The maximum Gasteiger partial charge on any atom is 0.269 e. The maximum absolute atomic E-state index is 12.8. The molecular weight excluding hydrogens is 334 g/mol. The van der Waals surface area contributed by atoms with Crippen LogP contribution in [0.4, 0.5) is 5.69 Å². The lowest BCUT2D eigenvalue weighted by Crippen LogP contribution is -2.48. The lowest BCUT2D eigenvalue weighted by molar-refractivity contribution is -0.384. The van der Waals surface area contributed by atoms with Crippen molar-refractivity contribution < 1.29 is 14.5 Å². The van der Waals surface area contributed by atoms with Crippen LogP contribution in [0.2, 0.25) is 0 Å². The highest BCUT2D eigenvalue weighted by molar-refractivity contribution is 5.95. The fourth-order valence-corrected chi connectivity index (χ4v) is 3.76. The Bertz CT molecular complexity index is 681. The van der Waals surface area contributed by atoms with Gasteiger partial charge in [0.1, 0.15) is 0 Å². The largest absolute Gasteiger partial charge is 0.342 e. The molecule has 2 fully saturated rings. The summed E-state index contributed by atoms with van der Waals surface area (Å²) in [5, 5.41) is 10.7. The van der Waals surface area contributed by atoms with E-state index in [2.05, 4.69) is 6.92 Å². The summed E-state index contributed by atoms with van der Waals surface area (Å²) in [7, 11) is 0. The lowest BCUT2D eigenvalue weighted by Gasteiger charge is -2.37. The zero-order valence-corrected chi connectivity index (χ0v) is 15.1. The van der Waals surface area contributed by atoms with Crippen molar-refractivity contribution in [3.8, 4) is 0 Å². The number of amides is 2. The number of nitrogens with zero attached hydrogens (tertiary/aromatic N) is 3. The monoisotopic (exact) mass is 359 g/mol. The topological polar surface area (TPSA) is 83.8 Å². The first-order valence-electron chi connectivity index (χ1n) is 9.28. The van der Waals surface area contributed by atoms with Crippen molar-refractivity contribution in [1.82, 2.24) is 9.80 Å². The van der Waals surface area contributed by atoms with E-state index in [0.717, 1.165) is 38.8 Å². The smallest absolute Gasteiger partial charge is 0.269 e. The Balaban J connectivity index is 1.63. The van der Waals surface area contributed by atoms with E-state index in [1.807, 2.05) is 4.90 Å². The highest BCUT2D eigenvalue weighted by Crippen LogP contribution is 2.24. The van der Waals surface area contributed by atoms with Gasteiger partial charge < -0.3 is 9.80 Å². The predicted octanol–water partition coefficient (Wildman–Crippen LogP) is 2.71. The standard InChI is InChI=1S/C19H25N3O4/c1-14-8-11-20(12-9-14)19(24)16-3-2-10-21(13-16)18(23)15-4-6-17(7-5-15)22(25)26/h4-7,14,16H,2-3,8-13H2,1H3. The number of likely N-dealkylation sites (tertiary alicyclic amines) is 2. The van der Waals surface area contributed by atoms with E-state index in [1.54, 1.807) is 4.90 Å². The molecule has 2 aliphatic rings. The zero-order chi connectivity index (χ0) is 18.7. The van der Waals surface area contributed by atoms with Gasteiger partial charge in [-0.3, -0.25) is 19.7 Å². The van der Waals surface area contributed by atoms with E-state index in [4.69, 9.17) is 0 Å². The first-order chi connectivity index (χ1) is 12.5. The summed E-state index contributed by atoms with van der Waals surface area (Å²) < 4.78 is 0. The van der Waals surface area contributed by atoms with Gasteiger partial charge in [-0.15, -0.1) is 0 Å². The Hall–Kier alpha value is -2.44. The van der Waals surface area contributed by atoms with Crippen molar-refractivity contribution in [2.45, 2.75) is 32.6 Å². The molecule has 1 unspecified atom stereocenters. The maximum atomic E-state index is 12.8. The number of non-ortho nitro benzene ring substituents is 1. The highest BCUT2D eigenvalue weighted by atomic mass is 16.6. The molecule has 1 atom stereocenters. The van der Waals surface area contributed by atoms with E-state index >= 15 is 0 Å². The molecule has 2 amide bonds. The predicted molar refractivity (Wildman–Crippen MR) is 96.7 cm³/mol. The van der Waals surface area contributed by atoms with Crippen molar-refractivity contribution in [3.05, 3.63) is 39.9 Å². The van der Waals surface area contributed by atoms with E-state index in [9.17, 15) is 19.7 Å². The first kappa shape index (κ1) is 18.4. The van der Waals surface area contributed by atoms with Crippen molar-refractivity contribution in [1.29, 1.82) is 0 Å². The van der Waals surface area contributed by atoms with Crippen LogP contribution in [0.3, 0.4) is 0 Å². The van der Waals surface area contributed by atoms with Crippen LogP contribution < -0.4 is 0 Å². The quantitative estimate of drug-likeness (QED) is 0.613. The van der Waals surface area contributed by atoms with Crippen LogP contribution in [-0.4, -0.2) is 52.7 Å². The van der Waals surface area contributed by atoms with Crippen molar-refractivity contribution >= 4 is 17.5 Å². The average molecular weight is 359 g/mol. The number of nitro groups is 1. The molecule has 2 aliphatic heterocycles. The molecule has 1 aromatic carbocycles. The summed E-state index contributed by atoms with van der Waals surface area (Å²) in [4.78, 5) is 39.4. The van der Waals surface area contributed by atoms with Gasteiger partial charge in [0.15, 0.2) is 0 Å². The zero-order valence-electron chi connectivity index (χ0n) is 15.1. The van der Waals surface area contributed by atoms with Crippen LogP contribution in [0.25, 0.3) is 0 Å². The number of piperidine rings is 2. The Morgan fingerprint density at radius 1 is 1.04 bits per heavy atom. The molecule has 3 rings (SSSR count). The Morgan fingerprint density at radius 2 is 1.69 bits per heavy atom. The molecule has 0 aliphatic carbocycles. The molecule has 2 heterocycles. The lowest BCUT2D eigenvalue weighted by atomic mass is 9.93. The van der Waals surface area contributed by atoms with Gasteiger partial charge in [0.05, 0.1) is 10.8 Å². The fourth-order valence-electron chi connectivity index (χ4n) is 3.76. The Morgan fingerprint density at radius 3 is 2.31 bits per heavy atom. The Kier molecular flexibility index (Phi) is 5.54. The van der Waals surface area contributed by atoms with E-state index in [-0.39, 0.29) is 23.4 Å². The summed E-state index contributed by atoms with van der Waals surface area (Å²) in [6.07, 6.45) is 3.71. The summed E-state index contributed by atoms with van der Waals surface area (Å²) in [6, 6.07) is 5.65. The summed E-state index contributed by atoms with van der Waals surface area (Å²) in [6.45, 7) is 4.89. The third-order valence-corrected chi connectivity index (χ3v) is 5.48. The van der Waals surface area contributed by atoms with Gasteiger partial charge in [-0.25, -0.2) is 0 Å². The Labute approximate surface area is 153 Å². The number of carbonyl (C=O) groups excluding carboxylic acids is 2. The number of carbonyl (C=O) groups is 2. The molecule has 140 valence electrons.